The van der Waals surface area contributed by atoms with Gasteiger partial charge in [-0.05, 0) is 49.7 Å². The van der Waals surface area contributed by atoms with Gasteiger partial charge in [0.05, 0.1) is 16.6 Å². The molecule has 2 N–H and O–H groups in total. The van der Waals surface area contributed by atoms with E-state index in [0.29, 0.717) is 17.1 Å². The quantitative estimate of drug-likeness (QED) is 0.694. The van der Waals surface area contributed by atoms with Crippen LogP contribution in [-0.2, 0) is 13.0 Å². The number of pyridine rings is 1. The van der Waals surface area contributed by atoms with Crippen LogP contribution in [-0.4, -0.2) is 38.9 Å². The number of nitrogen functional groups attached to an aromatic ring is 1. The van der Waals surface area contributed by atoms with Gasteiger partial charge in [0.25, 0.3) is 5.91 Å². The highest BCUT2D eigenvalue weighted by Crippen LogP contribution is 2.25. The number of fused-ring (bicyclic) bond motifs is 2. The van der Waals surface area contributed by atoms with Gasteiger partial charge < -0.3 is 10.6 Å². The molecule has 6 nitrogen and oxygen atoms in total. The summed E-state index contributed by atoms with van der Waals surface area (Å²) in [5.41, 5.74) is 10.9. The van der Waals surface area contributed by atoms with Crippen molar-refractivity contribution in [1.29, 1.82) is 0 Å². The molecule has 3 aromatic rings. The third kappa shape index (κ3) is 2.27. The zero-order valence-electron chi connectivity index (χ0n) is 13.8. The van der Waals surface area contributed by atoms with Crippen molar-refractivity contribution < 1.29 is 4.79 Å². The Kier molecular flexibility index (Phi) is 3.35. The minimum Gasteiger partial charge on any atom is -0.399 e. The van der Waals surface area contributed by atoms with E-state index in [2.05, 4.69) is 21.9 Å². The molecule has 0 saturated carbocycles. The molecule has 4 rings (SSSR count). The molecule has 0 atom stereocenters. The summed E-state index contributed by atoms with van der Waals surface area (Å²) in [7, 11) is 2.08. The molecule has 0 bridgehead atoms. The topological polar surface area (TPSA) is 77.0 Å². The molecule has 2 aromatic heterocycles. The fourth-order valence-corrected chi connectivity index (χ4v) is 3.41. The van der Waals surface area contributed by atoms with Crippen LogP contribution in [0.4, 0.5) is 5.69 Å². The molecular weight excluding hydrogens is 302 g/mol. The molecular formula is C18H19N5O. The number of aryl methyl sites for hydroxylation is 1. The Labute approximate surface area is 139 Å². The number of nitrogens with two attached hydrogens (primary N) is 1. The number of aromatic nitrogens is 3. The van der Waals surface area contributed by atoms with E-state index in [4.69, 9.17) is 5.73 Å². The standard InChI is InChI=1S/C18H19N5O/c1-11-21-16-4-3-13(19)7-17(16)23(11)18(24)15-9-20-8-12-10-22(2)6-5-14(12)15/h3-4,7-9H,5-6,10,19H2,1-2H3. The second-order valence-electron chi connectivity index (χ2n) is 6.36. The number of rotatable bonds is 1. The average Bonchev–Trinajstić information content (AvgIpc) is 2.88. The number of imidazole rings is 1. The number of carbonyl (C=O) groups excluding carboxylic acids is 1. The maximum Gasteiger partial charge on any atom is 0.265 e. The van der Waals surface area contributed by atoms with Gasteiger partial charge in [0.1, 0.15) is 5.82 Å². The van der Waals surface area contributed by atoms with Crippen molar-refractivity contribution in [1.82, 2.24) is 19.4 Å². The van der Waals surface area contributed by atoms with Crippen LogP contribution < -0.4 is 5.73 Å². The molecule has 24 heavy (non-hydrogen) atoms. The van der Waals surface area contributed by atoms with Crippen LogP contribution in [0.25, 0.3) is 11.0 Å². The van der Waals surface area contributed by atoms with Crippen LogP contribution in [0.3, 0.4) is 0 Å². The van der Waals surface area contributed by atoms with E-state index in [1.54, 1.807) is 22.9 Å². The molecule has 0 unspecified atom stereocenters. The number of benzene rings is 1. The summed E-state index contributed by atoms with van der Waals surface area (Å²) >= 11 is 0. The zero-order valence-corrected chi connectivity index (χ0v) is 13.8. The first kappa shape index (κ1) is 14.8. The van der Waals surface area contributed by atoms with Crippen molar-refractivity contribution in [2.45, 2.75) is 19.9 Å². The lowest BCUT2D eigenvalue weighted by molar-refractivity contribution is 0.0960. The fraction of sp³-hybridized carbons (Fsp3) is 0.278. The fourth-order valence-electron chi connectivity index (χ4n) is 3.41. The Morgan fingerprint density at radius 2 is 2.12 bits per heavy atom. The maximum atomic E-state index is 13.2. The van der Waals surface area contributed by atoms with Crippen LogP contribution in [0.2, 0.25) is 0 Å². The summed E-state index contributed by atoms with van der Waals surface area (Å²) in [6.45, 7) is 3.60. The second kappa shape index (κ2) is 5.42. The molecule has 6 heteroatoms. The van der Waals surface area contributed by atoms with Crippen molar-refractivity contribution in [3.8, 4) is 0 Å². The van der Waals surface area contributed by atoms with Crippen molar-refractivity contribution in [3.63, 3.8) is 0 Å². The third-order valence-corrected chi connectivity index (χ3v) is 4.61. The van der Waals surface area contributed by atoms with E-state index >= 15 is 0 Å². The van der Waals surface area contributed by atoms with Crippen LogP contribution >= 0.6 is 0 Å². The predicted molar refractivity (Wildman–Crippen MR) is 92.9 cm³/mol. The van der Waals surface area contributed by atoms with Gasteiger partial charge in [-0.2, -0.15) is 0 Å². The number of nitrogens with zero attached hydrogens (tertiary/aromatic N) is 4. The van der Waals surface area contributed by atoms with Crippen molar-refractivity contribution >= 4 is 22.6 Å². The first-order valence-electron chi connectivity index (χ1n) is 7.98. The summed E-state index contributed by atoms with van der Waals surface area (Å²) in [6, 6.07) is 5.43. The molecule has 0 spiro atoms. The molecule has 0 radical (unpaired) electrons. The number of anilines is 1. The second-order valence-corrected chi connectivity index (χ2v) is 6.36. The summed E-state index contributed by atoms with van der Waals surface area (Å²) in [5.74, 6) is 0.570. The molecule has 0 aliphatic carbocycles. The van der Waals surface area contributed by atoms with E-state index < -0.39 is 0 Å². The van der Waals surface area contributed by atoms with E-state index in [1.165, 1.54) is 0 Å². The largest absolute Gasteiger partial charge is 0.399 e. The van der Waals surface area contributed by atoms with Gasteiger partial charge in [-0.3, -0.25) is 14.3 Å². The Balaban J connectivity index is 1.88. The first-order chi connectivity index (χ1) is 11.5. The minimum atomic E-state index is -0.0884. The van der Waals surface area contributed by atoms with Crippen molar-refractivity contribution in [2.24, 2.45) is 0 Å². The van der Waals surface area contributed by atoms with E-state index in [0.717, 1.165) is 41.7 Å². The Bertz CT molecular complexity index is 959. The summed E-state index contributed by atoms with van der Waals surface area (Å²) in [6.07, 6.45) is 4.38. The van der Waals surface area contributed by atoms with Gasteiger partial charge in [-0.1, -0.05) is 0 Å². The first-order valence-corrected chi connectivity index (χ1v) is 7.98. The van der Waals surface area contributed by atoms with Gasteiger partial charge in [0.2, 0.25) is 0 Å². The molecule has 1 aliphatic heterocycles. The molecule has 3 heterocycles. The van der Waals surface area contributed by atoms with Crippen LogP contribution in [0.5, 0.6) is 0 Å². The highest BCUT2D eigenvalue weighted by molar-refractivity contribution is 6.03. The monoisotopic (exact) mass is 321 g/mol. The predicted octanol–water partition coefficient (Wildman–Crippen LogP) is 2.00. The average molecular weight is 321 g/mol. The lowest BCUT2D eigenvalue weighted by Crippen LogP contribution is -2.29. The SMILES string of the molecule is Cc1nc2ccc(N)cc2n1C(=O)c1cncc2c1CCN(C)C2. The number of hydrogen-bond acceptors (Lipinski definition) is 5. The van der Waals surface area contributed by atoms with Crippen LogP contribution in [0, 0.1) is 6.92 Å². The Morgan fingerprint density at radius 1 is 1.29 bits per heavy atom. The highest BCUT2D eigenvalue weighted by Gasteiger charge is 2.23. The Morgan fingerprint density at radius 3 is 2.96 bits per heavy atom. The molecule has 0 amide bonds. The third-order valence-electron chi connectivity index (χ3n) is 4.61. The van der Waals surface area contributed by atoms with Crippen molar-refractivity contribution in [2.75, 3.05) is 19.3 Å². The summed E-state index contributed by atoms with van der Waals surface area (Å²) in [5, 5.41) is 0. The lowest BCUT2D eigenvalue weighted by atomic mass is 9.97. The Hall–Kier alpha value is -2.73. The summed E-state index contributed by atoms with van der Waals surface area (Å²) in [4.78, 5) is 24.2. The molecule has 1 aliphatic rings. The number of likely N-dealkylation sites (N-methyl/N-ethyl adjacent to an activating group) is 1. The smallest absolute Gasteiger partial charge is 0.265 e. The maximum absolute atomic E-state index is 13.2. The minimum absolute atomic E-state index is 0.0884. The summed E-state index contributed by atoms with van der Waals surface area (Å²) < 4.78 is 1.64. The van der Waals surface area contributed by atoms with Crippen molar-refractivity contribution in [3.05, 3.63) is 53.1 Å². The molecule has 122 valence electrons. The van der Waals surface area contributed by atoms with Gasteiger partial charge >= 0.3 is 0 Å². The van der Waals surface area contributed by atoms with E-state index in [-0.39, 0.29) is 5.91 Å². The van der Waals surface area contributed by atoms with Gasteiger partial charge in [-0.25, -0.2) is 4.98 Å². The molecule has 0 saturated heterocycles. The van der Waals surface area contributed by atoms with E-state index in [9.17, 15) is 4.79 Å². The van der Waals surface area contributed by atoms with Gasteiger partial charge in [0, 0.05) is 31.2 Å². The van der Waals surface area contributed by atoms with E-state index in [1.807, 2.05) is 19.2 Å². The number of carbonyl (C=O) groups is 1. The lowest BCUT2D eigenvalue weighted by Gasteiger charge is -2.26. The molecule has 1 aromatic carbocycles. The van der Waals surface area contributed by atoms with Gasteiger partial charge in [-0.15, -0.1) is 0 Å². The number of hydrogen-bond donors (Lipinski definition) is 1. The van der Waals surface area contributed by atoms with Crippen LogP contribution in [0.15, 0.2) is 30.6 Å². The highest BCUT2D eigenvalue weighted by atomic mass is 16.2. The van der Waals surface area contributed by atoms with Gasteiger partial charge in [0.15, 0.2) is 0 Å². The van der Waals surface area contributed by atoms with Crippen LogP contribution in [0.1, 0.15) is 27.3 Å². The zero-order chi connectivity index (χ0) is 16.8. The molecule has 0 fully saturated rings. The normalized spacial score (nSPS) is 14.8.